The Morgan fingerprint density at radius 1 is 0.967 bits per heavy atom. The first-order valence-corrected chi connectivity index (χ1v) is 9.54. The Morgan fingerprint density at radius 2 is 1.70 bits per heavy atom. The van der Waals surface area contributed by atoms with Crippen LogP contribution in [0.3, 0.4) is 0 Å². The van der Waals surface area contributed by atoms with Crippen molar-refractivity contribution >= 4 is 11.9 Å². The number of carbonyl (C=O) groups excluding carboxylic acids is 2. The van der Waals surface area contributed by atoms with Crippen LogP contribution in [0.4, 0.5) is 13.2 Å². The molecule has 8 heteroatoms. The van der Waals surface area contributed by atoms with Crippen LogP contribution >= 0.6 is 0 Å². The van der Waals surface area contributed by atoms with E-state index in [1.54, 1.807) is 0 Å². The summed E-state index contributed by atoms with van der Waals surface area (Å²) in [7, 11) is 0. The molecule has 0 saturated carbocycles. The van der Waals surface area contributed by atoms with Crippen molar-refractivity contribution in [2.75, 3.05) is 19.7 Å². The van der Waals surface area contributed by atoms with Crippen LogP contribution in [-0.4, -0.2) is 37.8 Å². The molecular weight excluding hydrogens is 399 g/mol. The summed E-state index contributed by atoms with van der Waals surface area (Å²) >= 11 is 0. The number of halogens is 3. The number of hydrogen-bond donors (Lipinski definition) is 1. The summed E-state index contributed by atoms with van der Waals surface area (Å²) in [5.74, 6) is -2.93. The Morgan fingerprint density at radius 3 is 2.37 bits per heavy atom. The van der Waals surface area contributed by atoms with Crippen molar-refractivity contribution in [2.45, 2.75) is 32.4 Å². The number of rotatable bonds is 10. The fourth-order valence-corrected chi connectivity index (χ4v) is 2.67. The molecule has 1 N–H and O–H groups in total. The molecule has 5 nitrogen and oxygen atoms in total. The van der Waals surface area contributed by atoms with E-state index in [4.69, 9.17) is 4.74 Å². The minimum absolute atomic E-state index is 0.115. The van der Waals surface area contributed by atoms with Crippen molar-refractivity contribution in [2.24, 2.45) is 0 Å². The third-order valence-corrected chi connectivity index (χ3v) is 4.20. The van der Waals surface area contributed by atoms with Crippen LogP contribution in [0, 0.1) is 6.92 Å². The van der Waals surface area contributed by atoms with Crippen molar-refractivity contribution < 1.29 is 32.2 Å². The Bertz CT molecular complexity index is 835. The molecule has 0 heterocycles. The maximum Gasteiger partial charge on any atom is 0.491 e. The second-order valence-electron chi connectivity index (χ2n) is 6.74. The molecule has 0 aliphatic rings. The second kappa shape index (κ2) is 11.3. The normalized spacial score (nSPS) is 11.2. The quantitative estimate of drug-likeness (QED) is 0.358. The Balaban J connectivity index is 1.60. The third kappa shape index (κ3) is 8.65. The van der Waals surface area contributed by atoms with Gasteiger partial charge in [-0.25, -0.2) is 4.79 Å². The van der Waals surface area contributed by atoms with Gasteiger partial charge in [0, 0.05) is 13.0 Å². The summed E-state index contributed by atoms with van der Waals surface area (Å²) in [5, 5.41) is 2.92. The SMILES string of the molecule is Cc1cccc(CCOc2ccc(CCNCCC(=O)OC(=O)C(F)(F)F)cc2)c1. The van der Waals surface area contributed by atoms with Gasteiger partial charge < -0.3 is 14.8 Å². The monoisotopic (exact) mass is 423 g/mol. The highest BCUT2D eigenvalue weighted by Gasteiger charge is 2.42. The zero-order valence-corrected chi connectivity index (χ0v) is 16.6. The molecule has 0 fully saturated rings. The van der Waals surface area contributed by atoms with E-state index in [1.807, 2.05) is 30.3 Å². The molecule has 0 aliphatic heterocycles. The van der Waals surface area contributed by atoms with Gasteiger partial charge in [-0.15, -0.1) is 0 Å². The first-order chi connectivity index (χ1) is 14.2. The maximum atomic E-state index is 12.0. The number of nitrogens with one attached hydrogen (secondary N) is 1. The summed E-state index contributed by atoms with van der Waals surface area (Å²) < 4.78 is 45.4. The van der Waals surface area contributed by atoms with Gasteiger partial charge in [0.2, 0.25) is 0 Å². The molecule has 0 bridgehead atoms. The van der Waals surface area contributed by atoms with Crippen LogP contribution in [0.15, 0.2) is 48.5 Å². The minimum atomic E-state index is -5.17. The van der Waals surface area contributed by atoms with Gasteiger partial charge in [-0.1, -0.05) is 42.0 Å². The maximum absolute atomic E-state index is 12.0. The highest BCUT2D eigenvalue weighted by atomic mass is 19.4. The smallest absolute Gasteiger partial charge is 0.491 e. The Kier molecular flexibility index (Phi) is 8.86. The van der Waals surface area contributed by atoms with E-state index in [0.717, 1.165) is 17.7 Å². The number of aryl methyl sites for hydroxylation is 1. The van der Waals surface area contributed by atoms with E-state index in [9.17, 15) is 22.8 Å². The average Bonchev–Trinajstić information content (AvgIpc) is 2.68. The second-order valence-corrected chi connectivity index (χ2v) is 6.74. The van der Waals surface area contributed by atoms with Crippen LogP contribution < -0.4 is 10.1 Å². The van der Waals surface area contributed by atoms with Crippen molar-refractivity contribution in [1.82, 2.24) is 5.32 Å². The minimum Gasteiger partial charge on any atom is -0.493 e. The number of alkyl halides is 3. The first kappa shape index (κ1) is 23.4. The molecule has 2 rings (SSSR count). The molecule has 0 atom stereocenters. The molecule has 0 unspecified atom stereocenters. The summed E-state index contributed by atoms with van der Waals surface area (Å²) in [4.78, 5) is 21.7. The van der Waals surface area contributed by atoms with E-state index < -0.39 is 18.1 Å². The lowest BCUT2D eigenvalue weighted by Crippen LogP contribution is -2.29. The molecular formula is C22H24F3NO4. The fourth-order valence-electron chi connectivity index (χ4n) is 2.67. The number of ether oxygens (including phenoxy) is 2. The molecule has 162 valence electrons. The van der Waals surface area contributed by atoms with Crippen molar-refractivity contribution in [1.29, 1.82) is 0 Å². The predicted molar refractivity (Wildman–Crippen MR) is 105 cm³/mol. The van der Waals surface area contributed by atoms with E-state index in [2.05, 4.69) is 35.2 Å². The molecule has 30 heavy (non-hydrogen) atoms. The fraction of sp³-hybridized carbons (Fsp3) is 0.364. The molecule has 0 radical (unpaired) electrons. The summed E-state index contributed by atoms with van der Waals surface area (Å²) in [6, 6.07) is 15.9. The lowest BCUT2D eigenvalue weighted by Gasteiger charge is -2.09. The van der Waals surface area contributed by atoms with Crippen LogP contribution in [0.2, 0.25) is 0 Å². The lowest BCUT2D eigenvalue weighted by atomic mass is 10.1. The number of carbonyl (C=O) groups is 2. The summed E-state index contributed by atoms with van der Waals surface area (Å²) in [6.45, 7) is 3.27. The van der Waals surface area contributed by atoms with Gasteiger partial charge in [0.25, 0.3) is 0 Å². The van der Waals surface area contributed by atoms with Crippen LogP contribution in [0.5, 0.6) is 5.75 Å². The number of benzene rings is 2. The largest absolute Gasteiger partial charge is 0.493 e. The molecule has 0 aromatic heterocycles. The summed E-state index contributed by atoms with van der Waals surface area (Å²) in [5.41, 5.74) is 3.49. The predicted octanol–water partition coefficient (Wildman–Crippen LogP) is 3.77. The Hall–Kier alpha value is -2.87. The molecule has 0 saturated heterocycles. The third-order valence-electron chi connectivity index (χ3n) is 4.20. The van der Waals surface area contributed by atoms with E-state index in [0.29, 0.717) is 19.6 Å². The van der Waals surface area contributed by atoms with Crippen LogP contribution in [0.25, 0.3) is 0 Å². The number of hydrogen-bond acceptors (Lipinski definition) is 5. The van der Waals surface area contributed by atoms with E-state index in [-0.39, 0.29) is 13.0 Å². The van der Waals surface area contributed by atoms with Crippen LogP contribution in [0.1, 0.15) is 23.1 Å². The standard InChI is InChI=1S/C22H24F3NO4/c1-16-3-2-4-18(15-16)11-14-29-19-7-5-17(6-8-19)9-12-26-13-10-20(27)30-21(28)22(23,24)25/h2-8,15,26H,9-14H2,1H3. The molecule has 0 aliphatic carbocycles. The highest BCUT2D eigenvalue weighted by molar-refractivity contribution is 5.88. The Labute approximate surface area is 173 Å². The zero-order chi connectivity index (χ0) is 22.0. The van der Waals surface area contributed by atoms with Gasteiger partial charge in [-0.2, -0.15) is 13.2 Å². The van der Waals surface area contributed by atoms with Crippen molar-refractivity contribution in [3.8, 4) is 5.75 Å². The lowest BCUT2D eigenvalue weighted by molar-refractivity contribution is -0.201. The van der Waals surface area contributed by atoms with E-state index in [1.165, 1.54) is 11.1 Å². The van der Waals surface area contributed by atoms with Crippen molar-refractivity contribution in [3.05, 3.63) is 65.2 Å². The molecule has 0 amide bonds. The molecule has 2 aromatic carbocycles. The van der Waals surface area contributed by atoms with E-state index >= 15 is 0 Å². The first-order valence-electron chi connectivity index (χ1n) is 9.54. The van der Waals surface area contributed by atoms with Gasteiger partial charge in [0.15, 0.2) is 0 Å². The van der Waals surface area contributed by atoms with Crippen molar-refractivity contribution in [3.63, 3.8) is 0 Å². The van der Waals surface area contributed by atoms with Gasteiger partial charge in [-0.3, -0.25) is 4.79 Å². The van der Waals surface area contributed by atoms with Gasteiger partial charge in [0.05, 0.1) is 13.0 Å². The van der Waals surface area contributed by atoms with Gasteiger partial charge >= 0.3 is 18.1 Å². The zero-order valence-electron chi connectivity index (χ0n) is 16.6. The topological polar surface area (TPSA) is 64.6 Å². The number of esters is 2. The van der Waals surface area contributed by atoms with Gasteiger partial charge in [-0.05, 0) is 43.1 Å². The van der Waals surface area contributed by atoms with Crippen LogP contribution in [-0.2, 0) is 27.2 Å². The molecule has 2 aromatic rings. The highest BCUT2D eigenvalue weighted by Crippen LogP contribution is 2.17. The van der Waals surface area contributed by atoms with Gasteiger partial charge in [0.1, 0.15) is 5.75 Å². The summed E-state index contributed by atoms with van der Waals surface area (Å²) in [6.07, 6.45) is -4.00. The molecule has 0 spiro atoms. The average molecular weight is 423 g/mol.